The van der Waals surface area contributed by atoms with Gasteiger partial charge in [0.2, 0.25) is 0 Å². The topological polar surface area (TPSA) is 71.1 Å². The van der Waals surface area contributed by atoms with Crippen molar-refractivity contribution in [3.8, 4) is 0 Å². The number of aromatic nitrogens is 1. The van der Waals surface area contributed by atoms with Crippen molar-refractivity contribution in [2.24, 2.45) is 0 Å². The third-order valence-corrected chi connectivity index (χ3v) is 3.59. The van der Waals surface area contributed by atoms with Gasteiger partial charge in [-0.1, -0.05) is 12.1 Å². The van der Waals surface area contributed by atoms with Crippen LogP contribution >= 0.6 is 15.9 Å². The minimum atomic E-state index is -0.377. The van der Waals surface area contributed by atoms with Gasteiger partial charge in [-0.3, -0.25) is 9.59 Å². The van der Waals surface area contributed by atoms with E-state index in [1.165, 1.54) is 6.20 Å². The molecule has 2 rings (SSSR count). The van der Waals surface area contributed by atoms with Crippen LogP contribution in [0.4, 0.5) is 5.69 Å². The van der Waals surface area contributed by atoms with Gasteiger partial charge in [-0.25, -0.2) is 4.98 Å². The van der Waals surface area contributed by atoms with E-state index in [0.29, 0.717) is 15.7 Å². The molecule has 0 bridgehead atoms. The van der Waals surface area contributed by atoms with Crippen LogP contribution in [0.3, 0.4) is 0 Å². The Bertz CT molecular complexity index is 701. The number of benzene rings is 1. The molecule has 2 aromatic rings. The zero-order valence-corrected chi connectivity index (χ0v) is 13.2. The predicted molar refractivity (Wildman–Crippen MR) is 84.5 cm³/mol. The molecule has 2 N–H and O–H groups in total. The first-order chi connectivity index (χ1) is 10.0. The average molecular weight is 348 g/mol. The molecule has 0 radical (unpaired) electrons. The number of nitrogens with zero attached hydrogens (tertiary/aromatic N) is 1. The standard InChI is InChI=1S/C15H14BrN3O2/c1-9-5-3-7-11(12(9)14(20)17-2)19-15(21)13-10(16)6-4-8-18-13/h3-8H,1-2H3,(H,17,20)(H,19,21). The Kier molecular flexibility index (Phi) is 4.70. The SMILES string of the molecule is CNC(=O)c1c(C)cccc1NC(=O)c1ncccc1Br. The van der Waals surface area contributed by atoms with E-state index in [2.05, 4.69) is 31.5 Å². The average Bonchev–Trinajstić information content (AvgIpc) is 2.47. The molecule has 1 heterocycles. The van der Waals surface area contributed by atoms with Gasteiger partial charge in [-0.05, 0) is 46.6 Å². The number of rotatable bonds is 3. The molecule has 0 aliphatic carbocycles. The fourth-order valence-corrected chi connectivity index (χ4v) is 2.37. The van der Waals surface area contributed by atoms with Crippen LogP contribution in [0.15, 0.2) is 41.0 Å². The Hall–Kier alpha value is -2.21. The van der Waals surface area contributed by atoms with Gasteiger partial charge in [0.1, 0.15) is 5.69 Å². The van der Waals surface area contributed by atoms with E-state index in [4.69, 9.17) is 0 Å². The quantitative estimate of drug-likeness (QED) is 0.896. The maximum atomic E-state index is 12.3. The second kappa shape index (κ2) is 6.49. The van der Waals surface area contributed by atoms with Crippen molar-refractivity contribution in [2.45, 2.75) is 6.92 Å². The fourth-order valence-electron chi connectivity index (χ4n) is 1.93. The highest BCUT2D eigenvalue weighted by atomic mass is 79.9. The largest absolute Gasteiger partial charge is 0.355 e. The van der Waals surface area contributed by atoms with E-state index in [9.17, 15) is 9.59 Å². The number of hydrogen-bond acceptors (Lipinski definition) is 3. The summed E-state index contributed by atoms with van der Waals surface area (Å²) in [6, 6.07) is 8.75. The first kappa shape index (κ1) is 15.2. The van der Waals surface area contributed by atoms with E-state index in [-0.39, 0.29) is 17.5 Å². The van der Waals surface area contributed by atoms with Crippen molar-refractivity contribution in [1.82, 2.24) is 10.3 Å². The Balaban J connectivity index is 2.36. The molecular weight excluding hydrogens is 334 g/mol. The third kappa shape index (κ3) is 3.28. The minimum Gasteiger partial charge on any atom is -0.355 e. The second-order valence-electron chi connectivity index (χ2n) is 4.36. The maximum Gasteiger partial charge on any atom is 0.275 e. The third-order valence-electron chi connectivity index (χ3n) is 2.95. The summed E-state index contributed by atoms with van der Waals surface area (Å²) in [7, 11) is 1.55. The van der Waals surface area contributed by atoms with Crippen LogP contribution in [0.2, 0.25) is 0 Å². The van der Waals surface area contributed by atoms with Crippen molar-refractivity contribution in [2.75, 3.05) is 12.4 Å². The smallest absolute Gasteiger partial charge is 0.275 e. The van der Waals surface area contributed by atoms with Gasteiger partial charge in [0.05, 0.1) is 11.3 Å². The Morgan fingerprint density at radius 2 is 1.90 bits per heavy atom. The van der Waals surface area contributed by atoms with Crippen LogP contribution in [0, 0.1) is 6.92 Å². The van der Waals surface area contributed by atoms with Crippen molar-refractivity contribution < 1.29 is 9.59 Å². The molecule has 21 heavy (non-hydrogen) atoms. The van der Waals surface area contributed by atoms with Gasteiger partial charge >= 0.3 is 0 Å². The zero-order chi connectivity index (χ0) is 15.4. The molecule has 1 aromatic carbocycles. The molecule has 0 saturated carbocycles. The highest BCUT2D eigenvalue weighted by Crippen LogP contribution is 2.21. The maximum absolute atomic E-state index is 12.3. The van der Waals surface area contributed by atoms with Gasteiger partial charge in [0.15, 0.2) is 0 Å². The Labute approximate surface area is 130 Å². The zero-order valence-electron chi connectivity index (χ0n) is 11.6. The lowest BCUT2D eigenvalue weighted by Crippen LogP contribution is -2.23. The number of nitrogens with one attached hydrogen (secondary N) is 2. The fraction of sp³-hybridized carbons (Fsp3) is 0.133. The summed E-state index contributed by atoms with van der Waals surface area (Å²) >= 11 is 3.28. The first-order valence-corrected chi connectivity index (χ1v) is 7.07. The molecule has 0 spiro atoms. The highest BCUT2D eigenvalue weighted by molar-refractivity contribution is 9.10. The van der Waals surface area contributed by atoms with E-state index in [0.717, 1.165) is 5.56 Å². The molecule has 108 valence electrons. The summed E-state index contributed by atoms with van der Waals surface area (Å²) in [5.41, 5.74) is 1.95. The van der Waals surface area contributed by atoms with Crippen molar-refractivity contribution in [3.63, 3.8) is 0 Å². The van der Waals surface area contributed by atoms with Crippen molar-refractivity contribution in [3.05, 3.63) is 57.8 Å². The van der Waals surface area contributed by atoms with Gasteiger partial charge < -0.3 is 10.6 Å². The van der Waals surface area contributed by atoms with Crippen LogP contribution in [0.1, 0.15) is 26.4 Å². The lowest BCUT2D eigenvalue weighted by atomic mass is 10.1. The number of amides is 2. The molecule has 0 saturated heterocycles. The monoisotopic (exact) mass is 347 g/mol. The van der Waals surface area contributed by atoms with Gasteiger partial charge in [0, 0.05) is 17.7 Å². The molecule has 6 heteroatoms. The Morgan fingerprint density at radius 1 is 1.14 bits per heavy atom. The van der Waals surface area contributed by atoms with Crippen molar-refractivity contribution >= 4 is 33.4 Å². The van der Waals surface area contributed by atoms with Crippen LogP contribution in [-0.4, -0.2) is 23.8 Å². The summed E-state index contributed by atoms with van der Waals surface area (Å²) in [6.45, 7) is 1.82. The van der Waals surface area contributed by atoms with E-state index in [1.54, 1.807) is 31.3 Å². The number of aryl methyl sites for hydroxylation is 1. The lowest BCUT2D eigenvalue weighted by Gasteiger charge is -2.12. The molecule has 0 aliphatic rings. The van der Waals surface area contributed by atoms with Crippen molar-refractivity contribution in [1.29, 1.82) is 0 Å². The van der Waals surface area contributed by atoms with Crippen LogP contribution in [-0.2, 0) is 0 Å². The minimum absolute atomic E-state index is 0.247. The summed E-state index contributed by atoms with van der Waals surface area (Å²) in [4.78, 5) is 28.3. The normalized spacial score (nSPS) is 10.0. The molecule has 1 aromatic heterocycles. The number of pyridine rings is 1. The first-order valence-electron chi connectivity index (χ1n) is 6.28. The van der Waals surface area contributed by atoms with Gasteiger partial charge in [0.25, 0.3) is 11.8 Å². The molecule has 2 amide bonds. The van der Waals surface area contributed by atoms with Gasteiger partial charge in [-0.15, -0.1) is 0 Å². The van der Waals surface area contributed by atoms with Crippen LogP contribution in [0.5, 0.6) is 0 Å². The van der Waals surface area contributed by atoms with Crippen LogP contribution in [0.25, 0.3) is 0 Å². The van der Waals surface area contributed by atoms with E-state index < -0.39 is 0 Å². The van der Waals surface area contributed by atoms with E-state index >= 15 is 0 Å². The summed E-state index contributed by atoms with van der Waals surface area (Å²) in [5, 5.41) is 5.30. The lowest BCUT2D eigenvalue weighted by molar-refractivity contribution is 0.0963. The molecule has 0 atom stereocenters. The van der Waals surface area contributed by atoms with Crippen LogP contribution < -0.4 is 10.6 Å². The summed E-state index contributed by atoms with van der Waals surface area (Å²) in [6.07, 6.45) is 1.54. The van der Waals surface area contributed by atoms with E-state index in [1.807, 2.05) is 13.0 Å². The number of carbonyl (C=O) groups is 2. The number of carbonyl (C=O) groups excluding carboxylic acids is 2. The second-order valence-corrected chi connectivity index (χ2v) is 5.22. The molecular formula is C15H14BrN3O2. The highest BCUT2D eigenvalue weighted by Gasteiger charge is 2.17. The predicted octanol–water partition coefficient (Wildman–Crippen LogP) is 2.76. The molecule has 5 nitrogen and oxygen atoms in total. The molecule has 0 unspecified atom stereocenters. The summed E-state index contributed by atoms with van der Waals surface area (Å²) in [5.74, 6) is -0.623. The van der Waals surface area contributed by atoms with Gasteiger partial charge in [-0.2, -0.15) is 0 Å². The molecule has 0 fully saturated rings. The summed E-state index contributed by atoms with van der Waals surface area (Å²) < 4.78 is 0.594. The number of anilines is 1. The Morgan fingerprint density at radius 3 is 2.57 bits per heavy atom. The molecule has 0 aliphatic heterocycles. The number of halogens is 1. The number of hydrogen-bond donors (Lipinski definition) is 2.